The van der Waals surface area contributed by atoms with Gasteiger partial charge in [-0.3, -0.25) is 0 Å². The molecule has 0 aromatic carbocycles. The summed E-state index contributed by atoms with van der Waals surface area (Å²) in [5.41, 5.74) is 0.923. The SMILES string of the molecule is CCCNC(CCC(F)(F)F)c1cc(C)c(Cl)s1. The van der Waals surface area contributed by atoms with E-state index in [1.807, 2.05) is 19.9 Å². The lowest BCUT2D eigenvalue weighted by molar-refractivity contribution is -0.136. The van der Waals surface area contributed by atoms with Gasteiger partial charge >= 0.3 is 6.18 Å². The molecule has 104 valence electrons. The average molecular weight is 300 g/mol. The van der Waals surface area contributed by atoms with Crippen molar-refractivity contribution in [3.05, 3.63) is 20.8 Å². The summed E-state index contributed by atoms with van der Waals surface area (Å²) in [7, 11) is 0. The van der Waals surface area contributed by atoms with Crippen molar-refractivity contribution < 1.29 is 13.2 Å². The van der Waals surface area contributed by atoms with Gasteiger partial charge in [-0.05, 0) is 37.9 Å². The molecule has 0 bridgehead atoms. The van der Waals surface area contributed by atoms with Gasteiger partial charge in [0, 0.05) is 17.3 Å². The maximum Gasteiger partial charge on any atom is 0.389 e. The molecule has 1 unspecified atom stereocenters. The second-order valence-electron chi connectivity index (χ2n) is 4.27. The van der Waals surface area contributed by atoms with Crippen LogP contribution in [0.3, 0.4) is 0 Å². The van der Waals surface area contributed by atoms with Crippen LogP contribution in [0.1, 0.15) is 42.7 Å². The fraction of sp³-hybridized carbons (Fsp3) is 0.667. The Bertz CT molecular complexity index is 356. The Kier molecular flexibility index (Phi) is 5.95. The molecule has 1 atom stereocenters. The van der Waals surface area contributed by atoms with Crippen LogP contribution < -0.4 is 5.32 Å². The van der Waals surface area contributed by atoms with E-state index in [1.165, 1.54) is 11.3 Å². The Balaban J connectivity index is 2.71. The molecule has 1 rings (SSSR count). The Morgan fingerprint density at radius 1 is 1.44 bits per heavy atom. The van der Waals surface area contributed by atoms with E-state index in [-0.39, 0.29) is 12.5 Å². The molecule has 0 saturated heterocycles. The minimum Gasteiger partial charge on any atom is -0.309 e. The summed E-state index contributed by atoms with van der Waals surface area (Å²) in [4.78, 5) is 0.884. The molecule has 0 saturated carbocycles. The normalized spacial score (nSPS) is 13.9. The van der Waals surface area contributed by atoms with E-state index in [0.29, 0.717) is 10.9 Å². The highest BCUT2D eigenvalue weighted by Crippen LogP contribution is 2.35. The van der Waals surface area contributed by atoms with Crippen molar-refractivity contribution in [3.8, 4) is 0 Å². The lowest BCUT2D eigenvalue weighted by Gasteiger charge is -2.18. The van der Waals surface area contributed by atoms with Gasteiger partial charge in [-0.2, -0.15) is 13.2 Å². The number of nitrogens with one attached hydrogen (secondary N) is 1. The topological polar surface area (TPSA) is 12.0 Å². The van der Waals surface area contributed by atoms with Crippen molar-refractivity contribution in [2.75, 3.05) is 6.54 Å². The predicted octanol–water partition coefficient (Wildman–Crippen LogP) is 5.09. The monoisotopic (exact) mass is 299 g/mol. The van der Waals surface area contributed by atoms with E-state index in [2.05, 4.69) is 5.32 Å². The van der Waals surface area contributed by atoms with Crippen LogP contribution in [-0.4, -0.2) is 12.7 Å². The highest BCUT2D eigenvalue weighted by Gasteiger charge is 2.29. The van der Waals surface area contributed by atoms with Crippen LogP contribution in [0.15, 0.2) is 6.07 Å². The second-order valence-corrected chi connectivity index (χ2v) is 5.95. The molecule has 1 N–H and O–H groups in total. The highest BCUT2D eigenvalue weighted by atomic mass is 35.5. The van der Waals surface area contributed by atoms with Crippen LogP contribution in [0.25, 0.3) is 0 Å². The van der Waals surface area contributed by atoms with Crippen molar-refractivity contribution in [3.63, 3.8) is 0 Å². The zero-order chi connectivity index (χ0) is 13.8. The number of thiophene rings is 1. The van der Waals surface area contributed by atoms with E-state index in [0.717, 1.165) is 16.9 Å². The molecule has 0 radical (unpaired) electrons. The van der Waals surface area contributed by atoms with Crippen molar-refractivity contribution in [2.24, 2.45) is 0 Å². The van der Waals surface area contributed by atoms with Gasteiger partial charge in [0.25, 0.3) is 0 Å². The zero-order valence-corrected chi connectivity index (χ0v) is 12.0. The highest BCUT2D eigenvalue weighted by molar-refractivity contribution is 7.16. The van der Waals surface area contributed by atoms with Gasteiger partial charge in [-0.25, -0.2) is 0 Å². The first kappa shape index (κ1) is 15.8. The Labute approximate surface area is 114 Å². The van der Waals surface area contributed by atoms with E-state index in [4.69, 9.17) is 11.6 Å². The minimum atomic E-state index is -4.11. The van der Waals surface area contributed by atoms with Gasteiger partial charge in [-0.15, -0.1) is 11.3 Å². The fourth-order valence-corrected chi connectivity index (χ4v) is 2.95. The van der Waals surface area contributed by atoms with Crippen LogP contribution in [0.5, 0.6) is 0 Å². The Morgan fingerprint density at radius 2 is 2.11 bits per heavy atom. The zero-order valence-electron chi connectivity index (χ0n) is 10.4. The van der Waals surface area contributed by atoms with E-state index < -0.39 is 12.6 Å². The van der Waals surface area contributed by atoms with Crippen molar-refractivity contribution in [1.29, 1.82) is 0 Å². The molecule has 0 aliphatic carbocycles. The number of hydrogen-bond acceptors (Lipinski definition) is 2. The van der Waals surface area contributed by atoms with E-state index >= 15 is 0 Å². The maximum absolute atomic E-state index is 12.3. The molecule has 1 aromatic heterocycles. The quantitative estimate of drug-likeness (QED) is 0.771. The van der Waals surface area contributed by atoms with Crippen LogP contribution in [0.4, 0.5) is 13.2 Å². The molecule has 6 heteroatoms. The first-order valence-corrected chi connectivity index (χ1v) is 7.09. The number of rotatable bonds is 6. The number of alkyl halides is 3. The second kappa shape index (κ2) is 6.78. The predicted molar refractivity (Wildman–Crippen MR) is 70.4 cm³/mol. The molecular formula is C12H17ClF3NS. The number of aryl methyl sites for hydroxylation is 1. The smallest absolute Gasteiger partial charge is 0.309 e. The summed E-state index contributed by atoms with van der Waals surface area (Å²) in [5, 5.41) is 3.15. The van der Waals surface area contributed by atoms with Gasteiger partial charge in [-0.1, -0.05) is 18.5 Å². The van der Waals surface area contributed by atoms with Crippen LogP contribution in [-0.2, 0) is 0 Å². The summed E-state index contributed by atoms with van der Waals surface area (Å²) < 4.78 is 37.5. The third-order valence-corrected chi connectivity index (χ3v) is 4.25. The molecule has 0 aliphatic rings. The number of hydrogen-bond donors (Lipinski definition) is 1. The van der Waals surface area contributed by atoms with Crippen molar-refractivity contribution in [1.82, 2.24) is 5.32 Å². The summed E-state index contributed by atoms with van der Waals surface area (Å²) in [6.45, 7) is 4.56. The van der Waals surface area contributed by atoms with Crippen LogP contribution >= 0.6 is 22.9 Å². The van der Waals surface area contributed by atoms with Crippen LogP contribution in [0, 0.1) is 6.92 Å². The molecule has 1 aromatic rings. The molecule has 1 heterocycles. The summed E-state index contributed by atoms with van der Waals surface area (Å²) >= 11 is 7.33. The standard InChI is InChI=1S/C12H17ClF3NS/c1-3-6-17-9(4-5-12(14,15)16)10-7-8(2)11(13)18-10/h7,9,17H,3-6H2,1-2H3. The summed E-state index contributed by atoms with van der Waals surface area (Å²) in [6.07, 6.45) is -3.94. The van der Waals surface area contributed by atoms with Gasteiger partial charge < -0.3 is 5.32 Å². The van der Waals surface area contributed by atoms with Gasteiger partial charge in [0.05, 0.1) is 4.34 Å². The lowest BCUT2D eigenvalue weighted by atomic mass is 10.1. The summed E-state index contributed by atoms with van der Waals surface area (Å²) in [6, 6.07) is 1.61. The lowest BCUT2D eigenvalue weighted by Crippen LogP contribution is -2.23. The number of halogens is 4. The molecule has 18 heavy (non-hydrogen) atoms. The van der Waals surface area contributed by atoms with Crippen molar-refractivity contribution in [2.45, 2.75) is 45.3 Å². The maximum atomic E-state index is 12.3. The van der Waals surface area contributed by atoms with Gasteiger partial charge in [0.15, 0.2) is 0 Å². The first-order valence-electron chi connectivity index (χ1n) is 5.89. The average Bonchev–Trinajstić information content (AvgIpc) is 2.58. The van der Waals surface area contributed by atoms with E-state index in [9.17, 15) is 13.2 Å². The Morgan fingerprint density at radius 3 is 2.56 bits per heavy atom. The fourth-order valence-electron chi connectivity index (χ4n) is 1.63. The molecule has 0 aliphatic heterocycles. The van der Waals surface area contributed by atoms with Gasteiger partial charge in [0.2, 0.25) is 0 Å². The molecule has 0 amide bonds. The van der Waals surface area contributed by atoms with Crippen LogP contribution in [0.2, 0.25) is 4.34 Å². The first-order chi connectivity index (χ1) is 8.33. The van der Waals surface area contributed by atoms with Crippen molar-refractivity contribution >= 4 is 22.9 Å². The van der Waals surface area contributed by atoms with Gasteiger partial charge in [0.1, 0.15) is 0 Å². The molecule has 0 fully saturated rings. The minimum absolute atomic E-state index is 0.0553. The largest absolute Gasteiger partial charge is 0.389 e. The molecule has 0 spiro atoms. The molecule has 1 nitrogen and oxygen atoms in total. The third kappa shape index (κ3) is 5.16. The summed E-state index contributed by atoms with van der Waals surface area (Å²) in [5.74, 6) is 0. The van der Waals surface area contributed by atoms with E-state index in [1.54, 1.807) is 0 Å². The molecular weight excluding hydrogens is 283 g/mol. The Hall–Kier alpha value is -0.260. The third-order valence-electron chi connectivity index (χ3n) is 2.58.